The lowest BCUT2D eigenvalue weighted by Crippen LogP contribution is -2.35. The Bertz CT molecular complexity index is 670. The summed E-state index contributed by atoms with van der Waals surface area (Å²) in [4.78, 5) is 4.24. The fraction of sp³-hybridized carbons (Fsp3) is 0.429. The summed E-state index contributed by atoms with van der Waals surface area (Å²) in [6.07, 6.45) is 9.88. The van der Waals surface area contributed by atoms with Crippen molar-refractivity contribution < 1.29 is 8.42 Å². The van der Waals surface area contributed by atoms with Gasteiger partial charge in [0.25, 0.3) is 0 Å². The number of aromatic nitrogens is 3. The summed E-state index contributed by atoms with van der Waals surface area (Å²) >= 11 is 0. The van der Waals surface area contributed by atoms with Crippen LogP contribution in [0.3, 0.4) is 0 Å². The van der Waals surface area contributed by atoms with Gasteiger partial charge in [-0.25, -0.2) is 8.42 Å². The Morgan fingerprint density at radius 2 is 2.14 bits per heavy atom. The van der Waals surface area contributed by atoms with E-state index in [-0.39, 0.29) is 10.9 Å². The average molecular weight is 306 g/mol. The summed E-state index contributed by atoms with van der Waals surface area (Å²) in [5.41, 5.74) is 1.19. The van der Waals surface area contributed by atoms with Crippen molar-refractivity contribution in [1.29, 1.82) is 0 Å². The van der Waals surface area contributed by atoms with Crippen LogP contribution in [-0.2, 0) is 16.4 Å². The van der Waals surface area contributed by atoms with Crippen molar-refractivity contribution in [3.63, 3.8) is 0 Å². The smallest absolute Gasteiger partial charge is 0.246 e. The Morgan fingerprint density at radius 1 is 1.33 bits per heavy atom. The molecule has 112 valence electrons. The van der Waals surface area contributed by atoms with Crippen molar-refractivity contribution in [3.05, 3.63) is 42.5 Å². The van der Waals surface area contributed by atoms with Gasteiger partial charge < -0.3 is 0 Å². The van der Waals surface area contributed by atoms with Gasteiger partial charge >= 0.3 is 0 Å². The number of sulfonamides is 1. The van der Waals surface area contributed by atoms with Crippen molar-refractivity contribution in [3.8, 4) is 0 Å². The molecule has 0 amide bonds. The first kappa shape index (κ1) is 14.2. The molecule has 1 aliphatic heterocycles. The van der Waals surface area contributed by atoms with E-state index in [2.05, 4.69) is 15.2 Å². The minimum atomic E-state index is -3.42. The number of nitrogens with zero attached hydrogens (tertiary/aromatic N) is 3. The van der Waals surface area contributed by atoms with Gasteiger partial charge in [-0.15, -0.1) is 0 Å². The van der Waals surface area contributed by atoms with Crippen LogP contribution in [0.15, 0.2) is 41.8 Å². The van der Waals surface area contributed by atoms with Gasteiger partial charge in [-0.1, -0.05) is 0 Å². The number of rotatable bonds is 5. The fourth-order valence-corrected chi connectivity index (χ4v) is 4.44. The first-order valence-corrected chi connectivity index (χ1v) is 8.51. The Morgan fingerprint density at radius 3 is 2.86 bits per heavy atom. The molecular formula is C14H18N4O2S. The van der Waals surface area contributed by atoms with Crippen LogP contribution in [0, 0.1) is 0 Å². The highest BCUT2D eigenvalue weighted by atomic mass is 32.2. The molecule has 21 heavy (non-hydrogen) atoms. The van der Waals surface area contributed by atoms with Crippen LogP contribution in [-0.4, -0.2) is 40.5 Å². The maximum atomic E-state index is 12.6. The second-order valence-corrected chi connectivity index (χ2v) is 7.13. The SMILES string of the molecule is O=S(=O)(c1cn[nH]c1)N1CCC[C@@H]1CCc1ccncc1. The van der Waals surface area contributed by atoms with E-state index < -0.39 is 10.0 Å². The van der Waals surface area contributed by atoms with Gasteiger partial charge in [0, 0.05) is 31.2 Å². The zero-order valence-corrected chi connectivity index (χ0v) is 12.5. The van der Waals surface area contributed by atoms with Gasteiger partial charge in [0.15, 0.2) is 0 Å². The van der Waals surface area contributed by atoms with Crippen LogP contribution in [0.1, 0.15) is 24.8 Å². The number of hydrogen-bond donors (Lipinski definition) is 1. The van der Waals surface area contributed by atoms with E-state index in [1.54, 1.807) is 16.7 Å². The summed E-state index contributed by atoms with van der Waals surface area (Å²) in [7, 11) is -3.42. The van der Waals surface area contributed by atoms with E-state index in [4.69, 9.17) is 0 Å². The summed E-state index contributed by atoms with van der Waals surface area (Å²) in [5.74, 6) is 0. The van der Waals surface area contributed by atoms with Crippen LogP contribution < -0.4 is 0 Å². The third kappa shape index (κ3) is 2.98. The van der Waals surface area contributed by atoms with Gasteiger partial charge in [-0.3, -0.25) is 10.1 Å². The Balaban J connectivity index is 1.71. The van der Waals surface area contributed by atoms with E-state index in [1.807, 2.05) is 12.1 Å². The van der Waals surface area contributed by atoms with Gasteiger partial charge in [0.2, 0.25) is 10.0 Å². The normalized spacial score (nSPS) is 19.9. The van der Waals surface area contributed by atoms with E-state index in [1.165, 1.54) is 18.0 Å². The number of aryl methyl sites for hydroxylation is 1. The predicted molar refractivity (Wildman–Crippen MR) is 78.1 cm³/mol. The minimum absolute atomic E-state index is 0.0677. The molecule has 0 saturated carbocycles. The van der Waals surface area contributed by atoms with E-state index >= 15 is 0 Å². The highest BCUT2D eigenvalue weighted by molar-refractivity contribution is 7.89. The summed E-state index contributed by atoms with van der Waals surface area (Å²) in [6.45, 7) is 0.592. The largest absolute Gasteiger partial charge is 0.284 e. The molecule has 0 spiro atoms. The van der Waals surface area contributed by atoms with Gasteiger partial charge in [0.1, 0.15) is 4.90 Å². The van der Waals surface area contributed by atoms with Gasteiger partial charge in [0.05, 0.1) is 6.20 Å². The molecule has 3 rings (SSSR count). The molecule has 1 atom stereocenters. The lowest BCUT2D eigenvalue weighted by molar-refractivity contribution is 0.370. The maximum Gasteiger partial charge on any atom is 0.246 e. The second-order valence-electron chi connectivity index (χ2n) is 5.24. The quantitative estimate of drug-likeness (QED) is 0.910. The minimum Gasteiger partial charge on any atom is -0.284 e. The Labute approximate surface area is 124 Å². The number of pyridine rings is 1. The third-order valence-corrected chi connectivity index (χ3v) is 5.84. The van der Waals surface area contributed by atoms with Crippen LogP contribution in [0.25, 0.3) is 0 Å². The molecule has 2 aromatic rings. The molecule has 3 heterocycles. The number of H-pyrrole nitrogens is 1. The molecule has 0 aliphatic carbocycles. The summed E-state index contributed by atoms with van der Waals surface area (Å²) in [5, 5.41) is 6.31. The number of nitrogens with one attached hydrogen (secondary N) is 1. The molecular weight excluding hydrogens is 288 g/mol. The summed E-state index contributed by atoms with van der Waals surface area (Å²) < 4.78 is 26.8. The van der Waals surface area contributed by atoms with Crippen molar-refractivity contribution in [2.24, 2.45) is 0 Å². The highest BCUT2D eigenvalue weighted by Crippen LogP contribution is 2.28. The Hall–Kier alpha value is -1.73. The predicted octanol–water partition coefficient (Wildman–Crippen LogP) is 1.59. The molecule has 1 saturated heterocycles. The zero-order chi connectivity index (χ0) is 14.7. The molecule has 1 aliphatic rings. The van der Waals surface area contributed by atoms with E-state index in [0.717, 1.165) is 25.7 Å². The summed E-state index contributed by atoms with van der Waals surface area (Å²) in [6, 6.07) is 4.02. The van der Waals surface area contributed by atoms with Crippen molar-refractivity contribution in [2.75, 3.05) is 6.54 Å². The molecule has 7 heteroatoms. The fourth-order valence-electron chi connectivity index (χ4n) is 2.81. The lowest BCUT2D eigenvalue weighted by Gasteiger charge is -2.23. The number of hydrogen-bond acceptors (Lipinski definition) is 4. The first-order valence-electron chi connectivity index (χ1n) is 7.07. The second kappa shape index (κ2) is 5.95. The van der Waals surface area contributed by atoms with Crippen molar-refractivity contribution in [1.82, 2.24) is 19.5 Å². The van der Waals surface area contributed by atoms with E-state index in [0.29, 0.717) is 6.54 Å². The standard InChI is InChI=1S/C14H18N4O2S/c19-21(20,14-10-16-17-11-14)18-9-1-2-13(18)4-3-12-5-7-15-8-6-12/h5-8,10-11,13H,1-4,9H2,(H,16,17)/t13-/m1/s1. The molecule has 0 radical (unpaired) electrons. The molecule has 1 fully saturated rings. The van der Waals surface area contributed by atoms with Gasteiger partial charge in [-0.05, 0) is 43.4 Å². The number of aromatic amines is 1. The maximum absolute atomic E-state index is 12.6. The van der Waals surface area contributed by atoms with Crippen LogP contribution >= 0.6 is 0 Å². The molecule has 0 aromatic carbocycles. The average Bonchev–Trinajstić information content (AvgIpc) is 3.18. The Kier molecular flexibility index (Phi) is 4.03. The van der Waals surface area contributed by atoms with Crippen LogP contribution in [0.4, 0.5) is 0 Å². The van der Waals surface area contributed by atoms with Crippen LogP contribution in [0.5, 0.6) is 0 Å². The highest BCUT2D eigenvalue weighted by Gasteiger charge is 2.35. The molecule has 6 nitrogen and oxygen atoms in total. The monoisotopic (exact) mass is 306 g/mol. The molecule has 0 bridgehead atoms. The molecule has 0 unspecified atom stereocenters. The van der Waals surface area contributed by atoms with Crippen molar-refractivity contribution >= 4 is 10.0 Å². The van der Waals surface area contributed by atoms with Crippen LogP contribution in [0.2, 0.25) is 0 Å². The van der Waals surface area contributed by atoms with Gasteiger partial charge in [-0.2, -0.15) is 9.40 Å². The molecule has 1 N–H and O–H groups in total. The topological polar surface area (TPSA) is 79.0 Å². The lowest BCUT2D eigenvalue weighted by atomic mass is 10.1. The third-order valence-electron chi connectivity index (χ3n) is 3.92. The van der Waals surface area contributed by atoms with E-state index in [9.17, 15) is 8.42 Å². The first-order chi connectivity index (χ1) is 10.2. The van der Waals surface area contributed by atoms with Crippen molar-refractivity contribution in [2.45, 2.75) is 36.6 Å². The zero-order valence-electron chi connectivity index (χ0n) is 11.6. The molecule has 2 aromatic heterocycles.